The van der Waals surface area contributed by atoms with E-state index in [4.69, 9.17) is 4.74 Å². The van der Waals surface area contributed by atoms with Gasteiger partial charge in [-0.1, -0.05) is 20.3 Å². The van der Waals surface area contributed by atoms with Crippen LogP contribution in [0.5, 0.6) is 0 Å². The maximum Gasteiger partial charge on any atom is 0.308 e. The molecule has 126 valence electrons. The smallest absolute Gasteiger partial charge is 0.308 e. The molecule has 0 saturated carbocycles. The lowest BCUT2D eigenvalue weighted by Gasteiger charge is -2.34. The third kappa shape index (κ3) is 6.01. The molecule has 1 saturated heterocycles. The number of nitrogens with zero attached hydrogens (tertiary/aromatic N) is 1. The lowest BCUT2D eigenvalue weighted by atomic mass is 10.1. The lowest BCUT2D eigenvalue weighted by Crippen LogP contribution is -2.59. The molecule has 2 N–H and O–H groups in total. The van der Waals surface area contributed by atoms with Gasteiger partial charge in [0.2, 0.25) is 11.8 Å². The van der Waals surface area contributed by atoms with Crippen molar-refractivity contribution in [2.45, 2.75) is 45.6 Å². The Bertz CT molecular complexity index is 387. The fourth-order valence-electron chi connectivity index (χ4n) is 2.25. The standard InChI is InChI=1S/C15H27N3O4/c1-3-5-6-16-11-13(19)18-8-7-17-15(21)12(18)10-14(20)22-9-4-2/h12,16H,3-11H2,1-2H3,(H,17,21). The van der Waals surface area contributed by atoms with Crippen molar-refractivity contribution in [2.24, 2.45) is 0 Å². The number of rotatable bonds is 9. The molecular weight excluding hydrogens is 286 g/mol. The van der Waals surface area contributed by atoms with E-state index in [0.29, 0.717) is 19.7 Å². The number of carbonyl (C=O) groups excluding carboxylic acids is 3. The summed E-state index contributed by atoms with van der Waals surface area (Å²) >= 11 is 0. The second-order valence-corrected chi connectivity index (χ2v) is 5.35. The predicted molar refractivity (Wildman–Crippen MR) is 82.2 cm³/mol. The van der Waals surface area contributed by atoms with Gasteiger partial charge in [0.05, 0.1) is 19.6 Å². The first-order valence-electron chi connectivity index (χ1n) is 8.03. The maximum absolute atomic E-state index is 12.2. The van der Waals surface area contributed by atoms with Gasteiger partial charge in [0.25, 0.3) is 0 Å². The number of unbranched alkanes of at least 4 members (excludes halogenated alkanes) is 1. The monoisotopic (exact) mass is 313 g/mol. The molecule has 1 aliphatic heterocycles. The van der Waals surface area contributed by atoms with Gasteiger partial charge in [0.1, 0.15) is 6.04 Å². The average molecular weight is 313 g/mol. The summed E-state index contributed by atoms with van der Waals surface area (Å²) in [5, 5.41) is 5.76. The molecule has 2 amide bonds. The van der Waals surface area contributed by atoms with Gasteiger partial charge in [0, 0.05) is 13.1 Å². The largest absolute Gasteiger partial charge is 0.466 e. The molecule has 1 rings (SSSR count). The minimum Gasteiger partial charge on any atom is -0.466 e. The molecule has 0 aromatic heterocycles. The Morgan fingerprint density at radius 2 is 2.14 bits per heavy atom. The van der Waals surface area contributed by atoms with E-state index in [1.54, 1.807) is 0 Å². The molecule has 22 heavy (non-hydrogen) atoms. The Hall–Kier alpha value is -1.63. The highest BCUT2D eigenvalue weighted by molar-refractivity contribution is 5.92. The zero-order valence-corrected chi connectivity index (χ0v) is 13.5. The number of carbonyl (C=O) groups is 3. The Labute approximate surface area is 131 Å². The number of nitrogens with one attached hydrogen (secondary N) is 2. The van der Waals surface area contributed by atoms with Crippen LogP contribution in [0.1, 0.15) is 39.5 Å². The van der Waals surface area contributed by atoms with Crippen molar-refractivity contribution in [3.05, 3.63) is 0 Å². The molecule has 1 heterocycles. The molecule has 0 radical (unpaired) electrons. The van der Waals surface area contributed by atoms with Gasteiger partial charge < -0.3 is 20.3 Å². The van der Waals surface area contributed by atoms with E-state index >= 15 is 0 Å². The molecule has 0 bridgehead atoms. The molecule has 1 unspecified atom stereocenters. The first kappa shape index (κ1) is 18.4. The summed E-state index contributed by atoms with van der Waals surface area (Å²) in [5.74, 6) is -0.888. The molecule has 0 aromatic carbocycles. The van der Waals surface area contributed by atoms with Crippen LogP contribution in [0.3, 0.4) is 0 Å². The molecule has 1 atom stereocenters. The summed E-state index contributed by atoms with van der Waals surface area (Å²) in [4.78, 5) is 37.4. The zero-order valence-electron chi connectivity index (χ0n) is 13.5. The Morgan fingerprint density at radius 1 is 1.36 bits per heavy atom. The molecular formula is C15H27N3O4. The average Bonchev–Trinajstić information content (AvgIpc) is 2.51. The van der Waals surface area contributed by atoms with Crippen LogP contribution >= 0.6 is 0 Å². The van der Waals surface area contributed by atoms with Crippen LogP contribution in [0.4, 0.5) is 0 Å². The van der Waals surface area contributed by atoms with E-state index in [1.807, 2.05) is 6.92 Å². The quantitative estimate of drug-likeness (QED) is 0.464. The van der Waals surface area contributed by atoms with Gasteiger partial charge in [-0.25, -0.2) is 0 Å². The third-order valence-electron chi connectivity index (χ3n) is 3.46. The van der Waals surface area contributed by atoms with Crippen molar-refractivity contribution in [3.63, 3.8) is 0 Å². The Balaban J connectivity index is 2.54. The fraction of sp³-hybridized carbons (Fsp3) is 0.800. The van der Waals surface area contributed by atoms with Crippen LogP contribution in [-0.4, -0.2) is 61.5 Å². The molecule has 1 aliphatic rings. The summed E-state index contributed by atoms with van der Waals surface area (Å²) in [6.07, 6.45) is 2.69. The van der Waals surface area contributed by atoms with E-state index in [1.165, 1.54) is 4.90 Å². The van der Waals surface area contributed by atoms with E-state index in [0.717, 1.165) is 25.8 Å². The Morgan fingerprint density at radius 3 is 2.82 bits per heavy atom. The highest BCUT2D eigenvalue weighted by atomic mass is 16.5. The minimum absolute atomic E-state index is 0.0907. The summed E-state index contributed by atoms with van der Waals surface area (Å²) in [6.45, 7) is 6.11. The normalized spacial score (nSPS) is 18.0. The number of hydrogen-bond acceptors (Lipinski definition) is 5. The van der Waals surface area contributed by atoms with Crippen LogP contribution in [-0.2, 0) is 19.1 Å². The predicted octanol–water partition coefficient (Wildman–Crippen LogP) is 0.0464. The van der Waals surface area contributed by atoms with Crippen molar-refractivity contribution in [1.82, 2.24) is 15.5 Å². The van der Waals surface area contributed by atoms with Crippen molar-refractivity contribution in [2.75, 3.05) is 32.8 Å². The van der Waals surface area contributed by atoms with Gasteiger partial charge in [-0.2, -0.15) is 0 Å². The molecule has 7 nitrogen and oxygen atoms in total. The summed E-state index contributed by atoms with van der Waals surface area (Å²) in [7, 11) is 0. The van der Waals surface area contributed by atoms with Crippen molar-refractivity contribution >= 4 is 17.8 Å². The zero-order chi connectivity index (χ0) is 16.4. The summed E-state index contributed by atoms with van der Waals surface area (Å²) < 4.78 is 5.01. The minimum atomic E-state index is -0.765. The number of piperazine rings is 1. The van der Waals surface area contributed by atoms with E-state index in [2.05, 4.69) is 17.6 Å². The second kappa shape index (κ2) is 10.2. The summed E-state index contributed by atoms with van der Waals surface area (Å²) in [5.41, 5.74) is 0. The summed E-state index contributed by atoms with van der Waals surface area (Å²) in [6, 6.07) is -0.765. The van der Waals surface area contributed by atoms with Gasteiger partial charge in [-0.3, -0.25) is 14.4 Å². The van der Waals surface area contributed by atoms with Crippen molar-refractivity contribution in [3.8, 4) is 0 Å². The molecule has 0 spiro atoms. The number of hydrogen-bond donors (Lipinski definition) is 2. The van der Waals surface area contributed by atoms with E-state index in [9.17, 15) is 14.4 Å². The number of esters is 1. The fourth-order valence-corrected chi connectivity index (χ4v) is 2.25. The SMILES string of the molecule is CCCCNCC(=O)N1CCNC(=O)C1CC(=O)OCCC. The Kier molecular flexibility index (Phi) is 8.50. The first-order valence-corrected chi connectivity index (χ1v) is 8.03. The second-order valence-electron chi connectivity index (χ2n) is 5.35. The third-order valence-corrected chi connectivity index (χ3v) is 3.46. The highest BCUT2D eigenvalue weighted by Crippen LogP contribution is 2.10. The van der Waals surface area contributed by atoms with Crippen LogP contribution in [0.2, 0.25) is 0 Å². The van der Waals surface area contributed by atoms with Gasteiger partial charge in [0.15, 0.2) is 0 Å². The van der Waals surface area contributed by atoms with Gasteiger partial charge in [-0.05, 0) is 19.4 Å². The molecule has 7 heteroatoms. The van der Waals surface area contributed by atoms with Crippen LogP contribution < -0.4 is 10.6 Å². The topological polar surface area (TPSA) is 87.7 Å². The first-order chi connectivity index (χ1) is 10.6. The van der Waals surface area contributed by atoms with E-state index in [-0.39, 0.29) is 24.8 Å². The van der Waals surface area contributed by atoms with Crippen LogP contribution in [0.15, 0.2) is 0 Å². The number of ether oxygens (including phenoxy) is 1. The molecule has 0 aromatic rings. The molecule has 0 aliphatic carbocycles. The van der Waals surface area contributed by atoms with Gasteiger partial charge in [-0.15, -0.1) is 0 Å². The van der Waals surface area contributed by atoms with Gasteiger partial charge >= 0.3 is 5.97 Å². The maximum atomic E-state index is 12.2. The van der Waals surface area contributed by atoms with Crippen molar-refractivity contribution < 1.29 is 19.1 Å². The van der Waals surface area contributed by atoms with E-state index < -0.39 is 12.0 Å². The van der Waals surface area contributed by atoms with Crippen LogP contribution in [0.25, 0.3) is 0 Å². The van der Waals surface area contributed by atoms with Crippen molar-refractivity contribution in [1.29, 1.82) is 0 Å². The molecule has 1 fully saturated rings. The lowest BCUT2D eigenvalue weighted by molar-refractivity contribution is -0.151. The van der Waals surface area contributed by atoms with Crippen LogP contribution in [0, 0.1) is 0 Å². The number of amides is 2. The highest BCUT2D eigenvalue weighted by Gasteiger charge is 2.34.